The SMILES string of the molecule is CCOc1ccc(CC(=O)N2CCCC(Oc3cnccn3)C2)cc1. The predicted molar refractivity (Wildman–Crippen MR) is 93.6 cm³/mol. The molecule has 1 amide bonds. The maximum absolute atomic E-state index is 12.6. The standard InChI is InChI=1S/C19H23N3O3/c1-2-24-16-7-5-15(6-8-16)12-19(23)22-11-3-4-17(14-22)25-18-13-20-9-10-21-18/h5-10,13,17H,2-4,11-12,14H2,1H3. The van der Waals surface area contributed by atoms with Crippen LogP contribution in [0.4, 0.5) is 0 Å². The summed E-state index contributed by atoms with van der Waals surface area (Å²) in [5.74, 6) is 1.46. The molecule has 0 aliphatic carbocycles. The van der Waals surface area contributed by atoms with Crippen LogP contribution in [-0.4, -0.2) is 46.6 Å². The van der Waals surface area contributed by atoms with Gasteiger partial charge in [0, 0.05) is 18.9 Å². The van der Waals surface area contributed by atoms with E-state index in [1.54, 1.807) is 18.6 Å². The van der Waals surface area contributed by atoms with Gasteiger partial charge < -0.3 is 14.4 Å². The Morgan fingerprint density at radius 3 is 2.84 bits per heavy atom. The summed E-state index contributed by atoms with van der Waals surface area (Å²) in [6.07, 6.45) is 7.02. The molecular formula is C19H23N3O3. The molecule has 1 unspecified atom stereocenters. The molecule has 2 heterocycles. The third-order valence-electron chi connectivity index (χ3n) is 4.15. The van der Waals surface area contributed by atoms with Crippen LogP contribution >= 0.6 is 0 Å². The van der Waals surface area contributed by atoms with Crippen LogP contribution in [0.1, 0.15) is 25.3 Å². The summed E-state index contributed by atoms with van der Waals surface area (Å²) in [6, 6.07) is 7.70. The molecule has 1 aromatic heterocycles. The van der Waals surface area contributed by atoms with E-state index in [0.717, 1.165) is 30.7 Å². The molecule has 0 spiro atoms. The quantitative estimate of drug-likeness (QED) is 0.808. The van der Waals surface area contributed by atoms with Gasteiger partial charge in [-0.3, -0.25) is 9.78 Å². The highest BCUT2D eigenvalue weighted by atomic mass is 16.5. The summed E-state index contributed by atoms with van der Waals surface area (Å²) in [5.41, 5.74) is 0.991. The van der Waals surface area contributed by atoms with Gasteiger partial charge in [0.2, 0.25) is 11.8 Å². The predicted octanol–water partition coefficient (Wildman–Crippen LogP) is 2.49. The van der Waals surface area contributed by atoms with Crippen molar-refractivity contribution in [3.63, 3.8) is 0 Å². The Labute approximate surface area is 147 Å². The molecule has 6 nitrogen and oxygen atoms in total. The van der Waals surface area contributed by atoms with Gasteiger partial charge in [-0.1, -0.05) is 12.1 Å². The van der Waals surface area contributed by atoms with Crippen LogP contribution in [0.3, 0.4) is 0 Å². The molecule has 1 aromatic carbocycles. The second kappa shape index (κ2) is 8.46. The van der Waals surface area contributed by atoms with Gasteiger partial charge in [0.15, 0.2) is 0 Å². The molecule has 6 heteroatoms. The Morgan fingerprint density at radius 2 is 2.12 bits per heavy atom. The van der Waals surface area contributed by atoms with Crippen LogP contribution in [-0.2, 0) is 11.2 Å². The van der Waals surface area contributed by atoms with E-state index in [4.69, 9.17) is 9.47 Å². The van der Waals surface area contributed by atoms with Gasteiger partial charge in [0.1, 0.15) is 11.9 Å². The van der Waals surface area contributed by atoms with Gasteiger partial charge in [0.05, 0.1) is 25.8 Å². The number of amides is 1. The van der Waals surface area contributed by atoms with Crippen molar-refractivity contribution in [1.29, 1.82) is 0 Å². The lowest BCUT2D eigenvalue weighted by Crippen LogP contribution is -2.45. The molecule has 1 aliphatic rings. The van der Waals surface area contributed by atoms with E-state index >= 15 is 0 Å². The topological polar surface area (TPSA) is 64.5 Å². The van der Waals surface area contributed by atoms with E-state index < -0.39 is 0 Å². The fourth-order valence-corrected chi connectivity index (χ4v) is 2.93. The number of aromatic nitrogens is 2. The van der Waals surface area contributed by atoms with Crippen LogP contribution in [0, 0.1) is 0 Å². The molecule has 0 bridgehead atoms. The Bertz CT molecular complexity index is 676. The smallest absolute Gasteiger partial charge is 0.232 e. The molecule has 25 heavy (non-hydrogen) atoms. The fraction of sp³-hybridized carbons (Fsp3) is 0.421. The first kappa shape index (κ1) is 17.2. The number of likely N-dealkylation sites (tertiary alicyclic amines) is 1. The minimum absolute atomic E-state index is 0.0327. The van der Waals surface area contributed by atoms with Crippen LogP contribution in [0.25, 0.3) is 0 Å². The molecule has 0 N–H and O–H groups in total. The Kier molecular flexibility index (Phi) is 5.82. The van der Waals surface area contributed by atoms with Gasteiger partial charge in [-0.2, -0.15) is 0 Å². The number of carbonyl (C=O) groups is 1. The lowest BCUT2D eigenvalue weighted by molar-refractivity contribution is -0.133. The number of benzene rings is 1. The molecule has 3 rings (SSSR count). The second-order valence-corrected chi connectivity index (χ2v) is 6.02. The average Bonchev–Trinajstić information content (AvgIpc) is 2.65. The molecule has 1 saturated heterocycles. The molecule has 0 radical (unpaired) electrons. The number of rotatable bonds is 6. The molecular weight excluding hydrogens is 318 g/mol. The molecule has 2 aromatic rings. The molecule has 132 valence electrons. The summed E-state index contributed by atoms with van der Waals surface area (Å²) < 4.78 is 11.3. The van der Waals surface area contributed by atoms with Crippen molar-refractivity contribution in [2.75, 3.05) is 19.7 Å². The van der Waals surface area contributed by atoms with Crippen molar-refractivity contribution >= 4 is 5.91 Å². The van der Waals surface area contributed by atoms with Crippen molar-refractivity contribution in [3.8, 4) is 11.6 Å². The number of piperidine rings is 1. The minimum Gasteiger partial charge on any atom is -0.494 e. The first-order valence-electron chi connectivity index (χ1n) is 8.67. The van der Waals surface area contributed by atoms with E-state index in [0.29, 0.717) is 25.5 Å². The summed E-state index contributed by atoms with van der Waals surface area (Å²) in [5, 5.41) is 0. The zero-order chi connectivity index (χ0) is 17.5. The van der Waals surface area contributed by atoms with Crippen molar-refractivity contribution in [2.45, 2.75) is 32.3 Å². The molecule has 1 fully saturated rings. The van der Waals surface area contributed by atoms with Crippen LogP contribution in [0.15, 0.2) is 42.9 Å². The first-order chi connectivity index (χ1) is 12.2. The summed E-state index contributed by atoms with van der Waals surface area (Å²) in [6.45, 7) is 3.95. The molecule has 1 atom stereocenters. The van der Waals surface area contributed by atoms with Crippen LogP contribution in [0.2, 0.25) is 0 Å². The highest BCUT2D eigenvalue weighted by molar-refractivity contribution is 5.79. The fourth-order valence-electron chi connectivity index (χ4n) is 2.93. The zero-order valence-electron chi connectivity index (χ0n) is 14.4. The minimum atomic E-state index is -0.0327. The van der Waals surface area contributed by atoms with Crippen LogP contribution < -0.4 is 9.47 Å². The van der Waals surface area contributed by atoms with Gasteiger partial charge >= 0.3 is 0 Å². The summed E-state index contributed by atoms with van der Waals surface area (Å²) in [4.78, 5) is 22.6. The number of hydrogen-bond acceptors (Lipinski definition) is 5. The van der Waals surface area contributed by atoms with E-state index in [9.17, 15) is 4.79 Å². The largest absolute Gasteiger partial charge is 0.494 e. The van der Waals surface area contributed by atoms with Gasteiger partial charge in [-0.05, 0) is 37.5 Å². The van der Waals surface area contributed by atoms with Crippen LogP contribution in [0.5, 0.6) is 11.6 Å². The lowest BCUT2D eigenvalue weighted by atomic mass is 10.1. The first-order valence-corrected chi connectivity index (χ1v) is 8.67. The van der Waals surface area contributed by atoms with Gasteiger partial charge in [-0.15, -0.1) is 0 Å². The van der Waals surface area contributed by atoms with E-state index in [-0.39, 0.29) is 12.0 Å². The lowest BCUT2D eigenvalue weighted by Gasteiger charge is -2.32. The maximum atomic E-state index is 12.6. The second-order valence-electron chi connectivity index (χ2n) is 6.02. The zero-order valence-corrected chi connectivity index (χ0v) is 14.4. The number of carbonyl (C=O) groups excluding carboxylic acids is 1. The van der Waals surface area contributed by atoms with Gasteiger partial charge in [0.25, 0.3) is 0 Å². The normalized spacial score (nSPS) is 17.2. The highest BCUT2D eigenvalue weighted by Gasteiger charge is 2.25. The Balaban J connectivity index is 1.54. The highest BCUT2D eigenvalue weighted by Crippen LogP contribution is 2.18. The molecule has 0 saturated carbocycles. The number of hydrogen-bond donors (Lipinski definition) is 0. The van der Waals surface area contributed by atoms with Crippen molar-refractivity contribution in [3.05, 3.63) is 48.4 Å². The number of ether oxygens (including phenoxy) is 2. The maximum Gasteiger partial charge on any atom is 0.232 e. The monoisotopic (exact) mass is 341 g/mol. The van der Waals surface area contributed by atoms with Gasteiger partial charge in [-0.25, -0.2) is 4.98 Å². The Hall–Kier alpha value is -2.63. The average molecular weight is 341 g/mol. The van der Waals surface area contributed by atoms with E-state index in [2.05, 4.69) is 9.97 Å². The van der Waals surface area contributed by atoms with Crippen molar-refractivity contribution in [2.24, 2.45) is 0 Å². The van der Waals surface area contributed by atoms with E-state index in [1.807, 2.05) is 36.1 Å². The number of nitrogens with zero attached hydrogens (tertiary/aromatic N) is 3. The molecule has 1 aliphatic heterocycles. The van der Waals surface area contributed by atoms with E-state index in [1.165, 1.54) is 0 Å². The van der Waals surface area contributed by atoms with Crippen molar-refractivity contribution < 1.29 is 14.3 Å². The Morgan fingerprint density at radius 1 is 1.28 bits per heavy atom. The third-order valence-corrected chi connectivity index (χ3v) is 4.15. The summed E-state index contributed by atoms with van der Waals surface area (Å²) in [7, 11) is 0. The van der Waals surface area contributed by atoms with Crippen molar-refractivity contribution in [1.82, 2.24) is 14.9 Å². The third kappa shape index (κ3) is 4.92. The summed E-state index contributed by atoms with van der Waals surface area (Å²) >= 11 is 0.